The van der Waals surface area contributed by atoms with Crippen LogP contribution in [0.5, 0.6) is 0 Å². The van der Waals surface area contributed by atoms with E-state index >= 15 is 0 Å². The number of hydrogen-bond donors (Lipinski definition) is 1. The topological polar surface area (TPSA) is 39.1 Å². The van der Waals surface area contributed by atoms with Crippen LogP contribution in [-0.2, 0) is 6.54 Å². The van der Waals surface area contributed by atoms with E-state index in [0.717, 1.165) is 25.1 Å². The van der Waals surface area contributed by atoms with E-state index in [0.29, 0.717) is 0 Å². The monoisotopic (exact) mass is 319 g/mol. The van der Waals surface area contributed by atoms with Gasteiger partial charge in [0.15, 0.2) is 0 Å². The van der Waals surface area contributed by atoms with Crippen molar-refractivity contribution in [2.75, 3.05) is 16.8 Å². The summed E-state index contributed by atoms with van der Waals surface area (Å²) in [6.07, 6.45) is 3.60. The molecule has 24 heavy (non-hydrogen) atoms. The third-order valence-corrected chi connectivity index (χ3v) is 4.73. The molecule has 3 nitrogen and oxygen atoms in total. The van der Waals surface area contributed by atoms with Crippen LogP contribution in [0, 0.1) is 11.3 Å². The first-order valence-corrected chi connectivity index (χ1v) is 8.75. The molecule has 2 aromatic rings. The second kappa shape index (κ2) is 6.97. The second-order valence-electron chi connectivity index (χ2n) is 6.97. The molecule has 1 N–H and O–H groups in total. The van der Waals surface area contributed by atoms with Crippen molar-refractivity contribution in [3.8, 4) is 6.07 Å². The summed E-state index contributed by atoms with van der Waals surface area (Å²) in [6.45, 7) is 6.36. The normalized spacial score (nSPS) is 19.3. The van der Waals surface area contributed by atoms with Gasteiger partial charge in [0, 0.05) is 13.1 Å². The maximum absolute atomic E-state index is 9.13. The summed E-state index contributed by atoms with van der Waals surface area (Å²) in [5, 5.41) is 12.9. The van der Waals surface area contributed by atoms with Gasteiger partial charge >= 0.3 is 0 Å². The summed E-state index contributed by atoms with van der Waals surface area (Å²) in [6, 6.07) is 18.7. The highest BCUT2D eigenvalue weighted by Crippen LogP contribution is 2.37. The smallest absolute Gasteiger partial charge is 0.0991 e. The number of unbranched alkanes of at least 4 members (excludes halogenated alkanes) is 1. The van der Waals surface area contributed by atoms with Gasteiger partial charge in [-0.25, -0.2) is 0 Å². The van der Waals surface area contributed by atoms with Gasteiger partial charge in [-0.05, 0) is 43.2 Å². The van der Waals surface area contributed by atoms with E-state index in [1.807, 2.05) is 18.2 Å². The molecule has 3 rings (SSSR count). The number of nitrogens with zero attached hydrogens (tertiary/aromatic N) is 2. The number of fused-ring (bicyclic) bond motifs is 1. The molecular formula is C21H25N3. The van der Waals surface area contributed by atoms with Gasteiger partial charge in [-0.2, -0.15) is 5.26 Å². The van der Waals surface area contributed by atoms with Gasteiger partial charge < -0.3 is 10.2 Å². The van der Waals surface area contributed by atoms with Gasteiger partial charge in [-0.3, -0.25) is 0 Å². The number of benzene rings is 2. The minimum atomic E-state index is 0.0806. The van der Waals surface area contributed by atoms with Crippen LogP contribution in [0.1, 0.15) is 44.2 Å². The lowest BCUT2D eigenvalue weighted by Gasteiger charge is -2.44. The van der Waals surface area contributed by atoms with E-state index in [1.54, 1.807) is 0 Å². The largest absolute Gasteiger partial charge is 0.376 e. The number of para-hydroxylation sites is 2. The lowest BCUT2D eigenvalue weighted by atomic mass is 9.90. The van der Waals surface area contributed by atoms with Gasteiger partial charge in [0.2, 0.25) is 0 Å². The summed E-state index contributed by atoms with van der Waals surface area (Å²) in [7, 11) is 0. The van der Waals surface area contributed by atoms with Crippen LogP contribution in [-0.4, -0.2) is 12.1 Å². The molecule has 2 aromatic carbocycles. The van der Waals surface area contributed by atoms with Crippen molar-refractivity contribution in [2.45, 2.75) is 45.2 Å². The minimum absolute atomic E-state index is 0.0806. The Morgan fingerprint density at radius 1 is 1.21 bits per heavy atom. The Bertz CT molecular complexity index is 747. The summed E-state index contributed by atoms with van der Waals surface area (Å²) in [5.74, 6) is 0. The summed E-state index contributed by atoms with van der Waals surface area (Å²) < 4.78 is 0. The number of hydrogen-bond acceptors (Lipinski definition) is 3. The second-order valence-corrected chi connectivity index (χ2v) is 6.97. The standard InChI is InChI=1S/C21H25N3/c1-3-4-12-21(2)16-24(20-11-6-5-10-19(20)23-21)15-18-9-7-8-17(13-18)14-22/h5-11,13,23H,3-4,12,15-16H2,1-2H3. The minimum Gasteiger partial charge on any atom is -0.376 e. The Hall–Kier alpha value is -2.47. The average Bonchev–Trinajstić information content (AvgIpc) is 2.60. The summed E-state index contributed by atoms with van der Waals surface area (Å²) in [5.41, 5.74) is 4.44. The molecule has 0 saturated carbocycles. The first-order chi connectivity index (χ1) is 11.6. The van der Waals surface area contributed by atoms with Crippen molar-refractivity contribution < 1.29 is 0 Å². The van der Waals surface area contributed by atoms with Crippen molar-refractivity contribution >= 4 is 11.4 Å². The molecule has 1 heterocycles. The van der Waals surface area contributed by atoms with Crippen molar-refractivity contribution in [1.82, 2.24) is 0 Å². The van der Waals surface area contributed by atoms with Crippen LogP contribution < -0.4 is 10.2 Å². The van der Waals surface area contributed by atoms with Crippen LogP contribution >= 0.6 is 0 Å². The van der Waals surface area contributed by atoms with Crippen molar-refractivity contribution in [1.29, 1.82) is 5.26 Å². The predicted octanol–water partition coefficient (Wildman–Crippen LogP) is 4.94. The lowest BCUT2D eigenvalue weighted by Crippen LogP contribution is -2.50. The molecule has 0 fully saturated rings. The fourth-order valence-electron chi connectivity index (χ4n) is 3.54. The Morgan fingerprint density at radius 3 is 2.83 bits per heavy atom. The maximum atomic E-state index is 9.13. The Balaban J connectivity index is 1.89. The zero-order chi connectivity index (χ0) is 17.0. The SMILES string of the molecule is CCCCC1(C)CN(Cc2cccc(C#N)c2)c2ccccc2N1. The zero-order valence-electron chi connectivity index (χ0n) is 14.5. The molecule has 1 atom stereocenters. The fourth-order valence-corrected chi connectivity index (χ4v) is 3.54. The van der Waals surface area contributed by atoms with E-state index in [-0.39, 0.29) is 5.54 Å². The maximum Gasteiger partial charge on any atom is 0.0991 e. The van der Waals surface area contributed by atoms with E-state index in [2.05, 4.69) is 60.5 Å². The molecule has 1 unspecified atom stereocenters. The first kappa shape index (κ1) is 16.4. The molecule has 0 aromatic heterocycles. The van der Waals surface area contributed by atoms with Crippen molar-refractivity contribution in [3.63, 3.8) is 0 Å². The average molecular weight is 319 g/mol. The number of rotatable bonds is 5. The van der Waals surface area contributed by atoms with Crippen molar-refractivity contribution in [3.05, 3.63) is 59.7 Å². The van der Waals surface area contributed by atoms with Crippen LogP contribution in [0.3, 0.4) is 0 Å². The fraction of sp³-hybridized carbons (Fsp3) is 0.381. The molecule has 124 valence electrons. The van der Waals surface area contributed by atoms with Crippen LogP contribution in [0.4, 0.5) is 11.4 Å². The van der Waals surface area contributed by atoms with Gasteiger partial charge in [-0.1, -0.05) is 44.0 Å². The zero-order valence-corrected chi connectivity index (χ0v) is 14.5. The van der Waals surface area contributed by atoms with E-state index in [1.165, 1.54) is 29.8 Å². The molecule has 0 radical (unpaired) electrons. The Kier molecular flexibility index (Phi) is 4.76. The molecule has 1 aliphatic rings. The predicted molar refractivity (Wildman–Crippen MR) is 100 cm³/mol. The lowest BCUT2D eigenvalue weighted by molar-refractivity contribution is 0.436. The number of anilines is 2. The Morgan fingerprint density at radius 2 is 2.04 bits per heavy atom. The molecule has 0 amide bonds. The highest BCUT2D eigenvalue weighted by molar-refractivity contribution is 5.73. The van der Waals surface area contributed by atoms with Gasteiger partial charge in [0.1, 0.15) is 0 Å². The van der Waals surface area contributed by atoms with Gasteiger partial charge in [0.25, 0.3) is 0 Å². The Labute approximate surface area is 144 Å². The van der Waals surface area contributed by atoms with E-state index in [4.69, 9.17) is 5.26 Å². The third kappa shape index (κ3) is 3.54. The quantitative estimate of drug-likeness (QED) is 0.848. The number of nitrogens with one attached hydrogen (secondary N) is 1. The molecule has 0 spiro atoms. The van der Waals surface area contributed by atoms with Gasteiger partial charge in [0.05, 0.1) is 28.5 Å². The third-order valence-electron chi connectivity index (χ3n) is 4.73. The summed E-state index contributed by atoms with van der Waals surface area (Å²) >= 11 is 0. The first-order valence-electron chi connectivity index (χ1n) is 8.75. The molecule has 1 aliphatic heterocycles. The van der Waals surface area contributed by atoms with Crippen LogP contribution in [0.25, 0.3) is 0 Å². The molecule has 0 saturated heterocycles. The highest BCUT2D eigenvalue weighted by atomic mass is 15.2. The van der Waals surface area contributed by atoms with E-state index < -0.39 is 0 Å². The van der Waals surface area contributed by atoms with Crippen molar-refractivity contribution in [2.24, 2.45) is 0 Å². The van der Waals surface area contributed by atoms with Crippen LogP contribution in [0.2, 0.25) is 0 Å². The summed E-state index contributed by atoms with van der Waals surface area (Å²) in [4.78, 5) is 2.44. The molecule has 0 bridgehead atoms. The molecular weight excluding hydrogens is 294 g/mol. The molecule has 0 aliphatic carbocycles. The van der Waals surface area contributed by atoms with E-state index in [9.17, 15) is 0 Å². The molecule has 3 heteroatoms. The van der Waals surface area contributed by atoms with Crippen LogP contribution in [0.15, 0.2) is 48.5 Å². The highest BCUT2D eigenvalue weighted by Gasteiger charge is 2.32. The van der Waals surface area contributed by atoms with Gasteiger partial charge in [-0.15, -0.1) is 0 Å². The number of nitriles is 1.